The fraction of sp³-hybridized carbons (Fsp3) is 0.571. The van der Waals surface area contributed by atoms with E-state index in [1.165, 1.54) is 12.1 Å². The lowest BCUT2D eigenvalue weighted by molar-refractivity contribution is 0.230. The number of halogens is 2. The molecule has 3 rings (SSSR count). The minimum atomic E-state index is -0.287. The van der Waals surface area contributed by atoms with Gasteiger partial charge in [0.2, 0.25) is 0 Å². The topological polar surface area (TPSA) is 85.5 Å². The summed E-state index contributed by atoms with van der Waals surface area (Å²) in [5.41, 5.74) is -0.00274. The van der Waals surface area contributed by atoms with Crippen molar-refractivity contribution in [3.05, 3.63) is 46.4 Å². The monoisotopic (exact) mass is 546 g/mol. The fourth-order valence-electron chi connectivity index (χ4n) is 3.37. The first-order valence-corrected chi connectivity index (χ1v) is 10.7. The highest BCUT2D eigenvalue weighted by molar-refractivity contribution is 14.0. The van der Waals surface area contributed by atoms with Gasteiger partial charge in [-0.3, -0.25) is 4.57 Å². The Balaban J connectivity index is 0.00000341. The molecule has 1 aliphatic heterocycles. The number of aromatic nitrogens is 3. The van der Waals surface area contributed by atoms with E-state index in [1.54, 1.807) is 21.4 Å². The van der Waals surface area contributed by atoms with E-state index in [0.29, 0.717) is 31.3 Å². The molecular formula is C21H32FIN6O2. The molecule has 2 N–H and O–H groups in total. The molecule has 31 heavy (non-hydrogen) atoms. The zero-order chi connectivity index (χ0) is 21.3. The van der Waals surface area contributed by atoms with Crippen molar-refractivity contribution in [2.45, 2.75) is 58.7 Å². The maximum Gasteiger partial charge on any atom is 0.345 e. The number of aliphatic imine (C=N–C) groups is 1. The van der Waals surface area contributed by atoms with Crippen LogP contribution < -0.4 is 21.1 Å². The van der Waals surface area contributed by atoms with Crippen LogP contribution in [0.25, 0.3) is 0 Å². The average Bonchev–Trinajstić information content (AvgIpc) is 3.07. The van der Waals surface area contributed by atoms with E-state index in [1.807, 2.05) is 13.8 Å². The molecule has 1 aromatic heterocycles. The van der Waals surface area contributed by atoms with Crippen molar-refractivity contribution in [2.75, 3.05) is 19.6 Å². The third kappa shape index (κ3) is 7.51. The van der Waals surface area contributed by atoms with Gasteiger partial charge in [-0.2, -0.15) is 5.10 Å². The van der Waals surface area contributed by atoms with Crippen LogP contribution in [0.2, 0.25) is 0 Å². The molecule has 0 saturated carbocycles. The number of rotatable bonds is 9. The largest absolute Gasteiger partial charge is 0.489 e. The van der Waals surface area contributed by atoms with Crippen molar-refractivity contribution in [1.82, 2.24) is 25.0 Å². The Labute approximate surface area is 199 Å². The molecular weight excluding hydrogens is 514 g/mol. The maximum absolute atomic E-state index is 13.0. The molecule has 1 aromatic carbocycles. The number of fused-ring (bicyclic) bond motifs is 1. The average molecular weight is 546 g/mol. The van der Waals surface area contributed by atoms with Gasteiger partial charge >= 0.3 is 5.69 Å². The van der Waals surface area contributed by atoms with Crippen molar-refractivity contribution in [3.63, 3.8) is 0 Å². The molecule has 10 heteroatoms. The second kappa shape index (κ2) is 12.7. The number of benzene rings is 1. The summed E-state index contributed by atoms with van der Waals surface area (Å²) >= 11 is 0. The summed E-state index contributed by atoms with van der Waals surface area (Å²) in [6.45, 7) is 7.16. The molecule has 1 aliphatic rings. The molecule has 0 aliphatic carbocycles. The second-order valence-corrected chi connectivity index (χ2v) is 7.41. The van der Waals surface area contributed by atoms with Crippen LogP contribution in [0.4, 0.5) is 4.39 Å². The normalized spacial score (nSPS) is 14.4. The van der Waals surface area contributed by atoms with Gasteiger partial charge in [0.15, 0.2) is 5.96 Å². The maximum atomic E-state index is 13.0. The zero-order valence-electron chi connectivity index (χ0n) is 18.1. The molecule has 0 saturated heterocycles. The molecule has 1 atom stereocenters. The highest BCUT2D eigenvalue weighted by Gasteiger charge is 2.16. The summed E-state index contributed by atoms with van der Waals surface area (Å²) < 4.78 is 22.1. The molecule has 0 radical (unpaired) electrons. The molecule has 0 amide bonds. The van der Waals surface area contributed by atoms with Gasteiger partial charge in [-0.25, -0.2) is 18.9 Å². The molecule has 8 nitrogen and oxygen atoms in total. The number of aryl methyl sites for hydroxylation is 2. The van der Waals surface area contributed by atoms with Gasteiger partial charge in [0, 0.05) is 32.6 Å². The number of ether oxygens (including phenoxy) is 1. The first-order chi connectivity index (χ1) is 14.6. The molecule has 172 valence electrons. The standard InChI is InChI=1S/C21H31FN6O2.HI/c1-3-23-20(25-15-16(2)30-18-10-8-17(22)9-11-18)24-12-6-14-28-21(29)27-13-5-4-7-19(27)26-28;/h8-11,16H,3-7,12-15H2,1-2H3,(H2,23,24,25);1H. The first kappa shape index (κ1) is 25.2. The van der Waals surface area contributed by atoms with Crippen LogP contribution in [0.5, 0.6) is 5.75 Å². The van der Waals surface area contributed by atoms with Crippen LogP contribution in [-0.2, 0) is 19.5 Å². The Morgan fingerprint density at radius 1 is 1.29 bits per heavy atom. The van der Waals surface area contributed by atoms with E-state index in [0.717, 1.165) is 44.6 Å². The summed E-state index contributed by atoms with van der Waals surface area (Å²) in [5.74, 6) is 1.93. The number of guanidine groups is 1. The lowest BCUT2D eigenvalue weighted by Crippen LogP contribution is -2.39. The summed E-state index contributed by atoms with van der Waals surface area (Å²) in [6, 6.07) is 5.96. The Hall–Kier alpha value is -2.11. The Bertz CT molecular complexity index is 896. The smallest absolute Gasteiger partial charge is 0.345 e. The van der Waals surface area contributed by atoms with Crippen LogP contribution in [0.15, 0.2) is 34.1 Å². The van der Waals surface area contributed by atoms with E-state index in [4.69, 9.17) is 4.74 Å². The van der Waals surface area contributed by atoms with Crippen molar-refractivity contribution in [1.29, 1.82) is 0 Å². The quantitative estimate of drug-likeness (QED) is 0.219. The lowest BCUT2D eigenvalue weighted by atomic mass is 10.2. The van der Waals surface area contributed by atoms with Gasteiger partial charge in [-0.05, 0) is 57.4 Å². The minimum Gasteiger partial charge on any atom is -0.489 e. The van der Waals surface area contributed by atoms with E-state index in [2.05, 4.69) is 20.7 Å². The Morgan fingerprint density at radius 2 is 2.06 bits per heavy atom. The summed E-state index contributed by atoms with van der Waals surface area (Å²) in [7, 11) is 0. The van der Waals surface area contributed by atoms with Crippen molar-refractivity contribution in [2.24, 2.45) is 4.99 Å². The fourth-order valence-corrected chi connectivity index (χ4v) is 3.37. The second-order valence-electron chi connectivity index (χ2n) is 7.41. The van der Waals surface area contributed by atoms with Gasteiger partial charge in [0.1, 0.15) is 23.5 Å². The Morgan fingerprint density at radius 3 is 2.77 bits per heavy atom. The summed E-state index contributed by atoms with van der Waals surface area (Å²) in [6.07, 6.45) is 3.65. The van der Waals surface area contributed by atoms with Crippen LogP contribution in [0.1, 0.15) is 38.9 Å². The molecule has 0 fully saturated rings. The predicted molar refractivity (Wildman–Crippen MR) is 130 cm³/mol. The highest BCUT2D eigenvalue weighted by atomic mass is 127. The van der Waals surface area contributed by atoms with Crippen LogP contribution in [0.3, 0.4) is 0 Å². The molecule has 1 unspecified atom stereocenters. The van der Waals surface area contributed by atoms with Crippen molar-refractivity contribution in [3.8, 4) is 5.75 Å². The molecule has 2 heterocycles. The number of nitrogens with zero attached hydrogens (tertiary/aromatic N) is 4. The van der Waals surface area contributed by atoms with E-state index in [-0.39, 0.29) is 41.6 Å². The van der Waals surface area contributed by atoms with Crippen molar-refractivity contribution < 1.29 is 9.13 Å². The zero-order valence-corrected chi connectivity index (χ0v) is 20.5. The van der Waals surface area contributed by atoms with Gasteiger partial charge in [-0.15, -0.1) is 24.0 Å². The third-order valence-electron chi connectivity index (χ3n) is 4.87. The first-order valence-electron chi connectivity index (χ1n) is 10.7. The Kier molecular flexibility index (Phi) is 10.3. The van der Waals surface area contributed by atoms with Gasteiger partial charge in [0.05, 0.1) is 6.54 Å². The lowest BCUT2D eigenvalue weighted by Gasteiger charge is -2.15. The predicted octanol–water partition coefficient (Wildman–Crippen LogP) is 2.55. The van der Waals surface area contributed by atoms with E-state index in [9.17, 15) is 9.18 Å². The van der Waals surface area contributed by atoms with Gasteiger partial charge in [0.25, 0.3) is 0 Å². The molecule has 0 bridgehead atoms. The SMILES string of the molecule is CCNC(=NCC(C)Oc1ccc(F)cc1)NCCCn1nc2n(c1=O)CCCC2.I. The molecule has 0 spiro atoms. The number of hydrogen-bond donors (Lipinski definition) is 2. The van der Waals surface area contributed by atoms with E-state index < -0.39 is 0 Å². The number of nitrogens with one attached hydrogen (secondary N) is 2. The molecule has 2 aromatic rings. The third-order valence-corrected chi connectivity index (χ3v) is 4.87. The minimum absolute atomic E-state index is 0. The summed E-state index contributed by atoms with van der Waals surface area (Å²) in [4.78, 5) is 16.9. The van der Waals surface area contributed by atoms with Gasteiger partial charge < -0.3 is 15.4 Å². The van der Waals surface area contributed by atoms with Crippen molar-refractivity contribution >= 4 is 29.9 Å². The van der Waals surface area contributed by atoms with Crippen LogP contribution in [0, 0.1) is 5.82 Å². The van der Waals surface area contributed by atoms with Crippen LogP contribution in [-0.4, -0.2) is 46.0 Å². The summed E-state index contributed by atoms with van der Waals surface area (Å²) in [5, 5.41) is 10.9. The van der Waals surface area contributed by atoms with Gasteiger partial charge in [-0.1, -0.05) is 0 Å². The van der Waals surface area contributed by atoms with E-state index >= 15 is 0 Å². The van der Waals surface area contributed by atoms with Crippen LogP contribution >= 0.6 is 24.0 Å². The number of hydrogen-bond acceptors (Lipinski definition) is 4. The highest BCUT2D eigenvalue weighted by Crippen LogP contribution is 2.13.